The fourth-order valence-corrected chi connectivity index (χ4v) is 3.89. The fraction of sp³-hybridized carbons (Fsp3) is 0.667. The van der Waals surface area contributed by atoms with E-state index in [-0.39, 0.29) is 18.8 Å². The highest BCUT2D eigenvalue weighted by atomic mass is 19.4. The van der Waals surface area contributed by atoms with Gasteiger partial charge >= 0.3 is 19.3 Å². The van der Waals surface area contributed by atoms with Crippen LogP contribution in [0.2, 0.25) is 6.32 Å². The summed E-state index contributed by atoms with van der Waals surface area (Å²) in [6, 6.07) is 4.70. The van der Waals surface area contributed by atoms with Crippen LogP contribution in [0.15, 0.2) is 24.3 Å². The standard InChI is InChI=1S/C21H32BF3N2O5/c23-21(24,25)16-4-6-17(7-5-16)32-18-8-14-27(15-9-18)13-3-11-20(26,19(28)29)10-1-2-12-22(30)31/h4-7,18,30-31H,1-3,8-15,26H2,(H,28,29). The molecule has 32 heavy (non-hydrogen) atoms. The lowest BCUT2D eigenvalue weighted by Crippen LogP contribution is -2.48. The van der Waals surface area contributed by atoms with Crippen LogP contribution in [0.5, 0.6) is 5.75 Å². The number of carbonyl (C=O) groups is 1. The molecule has 0 aliphatic carbocycles. The van der Waals surface area contributed by atoms with Crippen LogP contribution >= 0.6 is 0 Å². The Hall–Kier alpha value is -1.82. The number of carboxylic acid groups (broad SMARTS) is 1. The van der Waals surface area contributed by atoms with E-state index >= 15 is 0 Å². The molecule has 180 valence electrons. The minimum atomic E-state index is -4.37. The molecule has 5 N–H and O–H groups in total. The maximum atomic E-state index is 12.6. The Balaban J connectivity index is 1.70. The molecule has 0 aromatic heterocycles. The van der Waals surface area contributed by atoms with Crippen molar-refractivity contribution in [3.05, 3.63) is 29.8 Å². The van der Waals surface area contributed by atoms with Crippen molar-refractivity contribution in [1.82, 2.24) is 4.90 Å². The molecule has 11 heteroatoms. The van der Waals surface area contributed by atoms with Crippen LogP contribution in [-0.4, -0.2) is 64.4 Å². The lowest BCUT2D eigenvalue weighted by atomic mass is 9.81. The first-order valence-corrected chi connectivity index (χ1v) is 10.9. The maximum absolute atomic E-state index is 12.6. The van der Waals surface area contributed by atoms with Gasteiger partial charge in [0.25, 0.3) is 0 Å². The van der Waals surface area contributed by atoms with Gasteiger partial charge in [-0.15, -0.1) is 0 Å². The van der Waals surface area contributed by atoms with E-state index in [1.54, 1.807) is 0 Å². The number of aliphatic carboxylic acids is 1. The zero-order valence-corrected chi connectivity index (χ0v) is 18.1. The van der Waals surface area contributed by atoms with E-state index in [0.717, 1.165) is 38.1 Å². The molecule has 2 rings (SSSR count). The number of ether oxygens (including phenoxy) is 1. The first-order chi connectivity index (χ1) is 15.0. The van der Waals surface area contributed by atoms with Crippen molar-refractivity contribution >= 4 is 13.1 Å². The number of unbranched alkanes of at least 4 members (excludes halogenated alkanes) is 1. The maximum Gasteiger partial charge on any atom is 0.451 e. The molecule has 1 aromatic carbocycles. The second-order valence-electron chi connectivity index (χ2n) is 8.47. The van der Waals surface area contributed by atoms with Gasteiger partial charge in [0.05, 0.1) is 5.56 Å². The van der Waals surface area contributed by atoms with E-state index in [0.29, 0.717) is 38.0 Å². The highest BCUT2D eigenvalue weighted by Crippen LogP contribution is 2.31. The molecule has 1 unspecified atom stereocenters. The van der Waals surface area contributed by atoms with Crippen LogP contribution in [0, 0.1) is 0 Å². The monoisotopic (exact) mass is 460 g/mol. The third-order valence-electron chi connectivity index (χ3n) is 5.88. The lowest BCUT2D eigenvalue weighted by molar-refractivity contribution is -0.144. The fourth-order valence-electron chi connectivity index (χ4n) is 3.89. The topological polar surface area (TPSA) is 116 Å². The molecule has 1 atom stereocenters. The molecule has 0 saturated carbocycles. The Morgan fingerprint density at radius 2 is 1.69 bits per heavy atom. The van der Waals surface area contributed by atoms with Crippen LogP contribution in [0.1, 0.15) is 50.5 Å². The Bertz CT molecular complexity index is 712. The summed E-state index contributed by atoms with van der Waals surface area (Å²) in [5.41, 5.74) is 4.05. The Kier molecular flexibility index (Phi) is 9.81. The molecule has 0 spiro atoms. The number of hydrogen-bond donors (Lipinski definition) is 4. The number of halogens is 3. The highest BCUT2D eigenvalue weighted by molar-refractivity contribution is 6.40. The highest BCUT2D eigenvalue weighted by Gasteiger charge is 2.33. The van der Waals surface area contributed by atoms with Gasteiger partial charge < -0.3 is 30.5 Å². The SMILES string of the molecule is NC(CCCCB(O)O)(CCCN1CCC(Oc2ccc(C(F)(F)F)cc2)CC1)C(=O)O. The predicted octanol–water partition coefficient (Wildman–Crippen LogP) is 2.75. The Labute approximate surface area is 186 Å². The number of piperidine rings is 1. The first kappa shape index (κ1) is 26.4. The summed E-state index contributed by atoms with van der Waals surface area (Å²) in [6.07, 6.45) is -0.553. The zero-order chi connectivity index (χ0) is 23.8. The largest absolute Gasteiger partial charge is 0.490 e. The van der Waals surface area contributed by atoms with Crippen LogP contribution in [0.3, 0.4) is 0 Å². The molecular formula is C21H32BF3N2O5. The minimum absolute atomic E-state index is 0.0718. The van der Waals surface area contributed by atoms with Crippen molar-refractivity contribution in [1.29, 1.82) is 0 Å². The van der Waals surface area contributed by atoms with Gasteiger partial charge in [0, 0.05) is 13.1 Å². The van der Waals surface area contributed by atoms with Crippen LogP contribution in [0.4, 0.5) is 13.2 Å². The van der Waals surface area contributed by atoms with Crippen molar-refractivity contribution in [2.24, 2.45) is 5.73 Å². The van der Waals surface area contributed by atoms with E-state index in [2.05, 4.69) is 4.90 Å². The van der Waals surface area contributed by atoms with Crippen molar-refractivity contribution in [2.75, 3.05) is 19.6 Å². The number of nitrogens with zero attached hydrogens (tertiary/aromatic N) is 1. The first-order valence-electron chi connectivity index (χ1n) is 10.9. The average Bonchev–Trinajstić information content (AvgIpc) is 2.72. The Morgan fingerprint density at radius 3 is 2.22 bits per heavy atom. The molecule has 7 nitrogen and oxygen atoms in total. The summed E-state index contributed by atoms with van der Waals surface area (Å²) in [7, 11) is -1.39. The normalized spacial score (nSPS) is 17.7. The Morgan fingerprint density at radius 1 is 1.09 bits per heavy atom. The molecule has 1 aromatic rings. The number of likely N-dealkylation sites (tertiary alicyclic amines) is 1. The molecular weight excluding hydrogens is 428 g/mol. The summed E-state index contributed by atoms with van der Waals surface area (Å²) in [4.78, 5) is 13.8. The van der Waals surface area contributed by atoms with Crippen LogP contribution in [-0.2, 0) is 11.0 Å². The summed E-state index contributed by atoms with van der Waals surface area (Å²) < 4.78 is 43.7. The molecule has 1 aliphatic rings. The van der Waals surface area contributed by atoms with Gasteiger partial charge in [0.1, 0.15) is 17.4 Å². The minimum Gasteiger partial charge on any atom is -0.490 e. The predicted molar refractivity (Wildman–Crippen MR) is 114 cm³/mol. The zero-order valence-electron chi connectivity index (χ0n) is 18.1. The molecule has 1 heterocycles. The van der Waals surface area contributed by atoms with Crippen molar-refractivity contribution in [2.45, 2.75) is 69.1 Å². The molecule has 0 amide bonds. The summed E-state index contributed by atoms with van der Waals surface area (Å²) >= 11 is 0. The molecule has 1 fully saturated rings. The number of alkyl halides is 3. The van der Waals surface area contributed by atoms with Gasteiger partial charge in [-0.2, -0.15) is 13.2 Å². The van der Waals surface area contributed by atoms with Crippen LogP contribution < -0.4 is 10.5 Å². The third-order valence-corrected chi connectivity index (χ3v) is 5.88. The summed E-state index contributed by atoms with van der Waals surface area (Å²) in [5, 5.41) is 27.2. The van der Waals surface area contributed by atoms with Gasteiger partial charge in [-0.25, -0.2) is 0 Å². The number of carboxylic acids is 1. The van der Waals surface area contributed by atoms with Gasteiger partial charge in [0.15, 0.2) is 0 Å². The molecule has 1 saturated heterocycles. The molecule has 0 bridgehead atoms. The number of rotatable bonds is 12. The summed E-state index contributed by atoms with van der Waals surface area (Å²) in [6.45, 7) is 2.21. The van der Waals surface area contributed by atoms with E-state index < -0.39 is 30.4 Å². The second-order valence-corrected chi connectivity index (χ2v) is 8.47. The van der Waals surface area contributed by atoms with E-state index in [9.17, 15) is 23.1 Å². The van der Waals surface area contributed by atoms with E-state index in [4.69, 9.17) is 20.5 Å². The van der Waals surface area contributed by atoms with E-state index in [1.165, 1.54) is 12.1 Å². The van der Waals surface area contributed by atoms with Gasteiger partial charge in [-0.3, -0.25) is 4.79 Å². The average molecular weight is 460 g/mol. The molecule has 0 radical (unpaired) electrons. The van der Waals surface area contributed by atoms with Crippen LogP contribution in [0.25, 0.3) is 0 Å². The number of hydrogen-bond acceptors (Lipinski definition) is 6. The van der Waals surface area contributed by atoms with Crippen molar-refractivity contribution < 1.29 is 37.9 Å². The third kappa shape index (κ3) is 8.61. The van der Waals surface area contributed by atoms with E-state index in [1.807, 2.05) is 0 Å². The van der Waals surface area contributed by atoms with Gasteiger partial charge in [0.2, 0.25) is 0 Å². The second kappa shape index (κ2) is 11.9. The number of benzene rings is 1. The summed E-state index contributed by atoms with van der Waals surface area (Å²) in [5.74, 6) is -0.634. The van der Waals surface area contributed by atoms with Gasteiger partial charge in [-0.05, 0) is 69.2 Å². The smallest absolute Gasteiger partial charge is 0.451 e. The van der Waals surface area contributed by atoms with Crippen molar-refractivity contribution in [3.63, 3.8) is 0 Å². The lowest BCUT2D eigenvalue weighted by Gasteiger charge is -2.33. The van der Waals surface area contributed by atoms with Gasteiger partial charge in [-0.1, -0.05) is 12.8 Å². The molecule has 1 aliphatic heterocycles. The van der Waals surface area contributed by atoms with Crippen molar-refractivity contribution in [3.8, 4) is 5.75 Å². The number of nitrogens with two attached hydrogens (primary N) is 1. The quantitative estimate of drug-likeness (QED) is 0.280.